The molecule has 2 heteroatoms. The predicted octanol–water partition coefficient (Wildman–Crippen LogP) is 4.37. The SMILES string of the molecule is CCNc1ccc(-n2c(C)cc3ccccc32)cc1. The van der Waals surface area contributed by atoms with Crippen LogP contribution in [0.15, 0.2) is 54.6 Å². The first-order chi connectivity index (χ1) is 9.29. The van der Waals surface area contributed by atoms with E-state index >= 15 is 0 Å². The molecule has 0 aliphatic rings. The van der Waals surface area contributed by atoms with E-state index in [-0.39, 0.29) is 0 Å². The smallest absolute Gasteiger partial charge is 0.0531 e. The van der Waals surface area contributed by atoms with E-state index in [4.69, 9.17) is 0 Å². The van der Waals surface area contributed by atoms with Crippen LogP contribution >= 0.6 is 0 Å². The van der Waals surface area contributed by atoms with Gasteiger partial charge in [0.05, 0.1) is 5.52 Å². The van der Waals surface area contributed by atoms with Gasteiger partial charge in [-0.15, -0.1) is 0 Å². The van der Waals surface area contributed by atoms with E-state index in [2.05, 4.69) is 78.3 Å². The molecule has 1 aromatic heterocycles. The van der Waals surface area contributed by atoms with Crippen LogP contribution in [0.1, 0.15) is 12.6 Å². The Hall–Kier alpha value is -2.22. The van der Waals surface area contributed by atoms with Crippen molar-refractivity contribution >= 4 is 16.6 Å². The van der Waals surface area contributed by atoms with Crippen molar-refractivity contribution in [3.63, 3.8) is 0 Å². The molecule has 0 bridgehead atoms. The number of nitrogens with zero attached hydrogens (tertiary/aromatic N) is 1. The van der Waals surface area contributed by atoms with E-state index in [0.29, 0.717) is 0 Å². The summed E-state index contributed by atoms with van der Waals surface area (Å²) in [5.74, 6) is 0. The van der Waals surface area contributed by atoms with Crippen molar-refractivity contribution in [2.75, 3.05) is 11.9 Å². The van der Waals surface area contributed by atoms with Crippen LogP contribution in [0.5, 0.6) is 0 Å². The molecular formula is C17H18N2. The molecule has 0 amide bonds. The van der Waals surface area contributed by atoms with Crippen LogP contribution in [-0.4, -0.2) is 11.1 Å². The number of hydrogen-bond donors (Lipinski definition) is 1. The maximum Gasteiger partial charge on any atom is 0.0531 e. The summed E-state index contributed by atoms with van der Waals surface area (Å²) in [6, 6.07) is 19.3. The lowest BCUT2D eigenvalue weighted by atomic mass is 10.2. The lowest BCUT2D eigenvalue weighted by Gasteiger charge is -2.10. The fourth-order valence-electron chi connectivity index (χ4n) is 2.57. The first-order valence-corrected chi connectivity index (χ1v) is 6.71. The van der Waals surface area contributed by atoms with Crippen LogP contribution in [-0.2, 0) is 0 Å². The molecule has 1 heterocycles. The number of hydrogen-bond acceptors (Lipinski definition) is 1. The second kappa shape index (κ2) is 4.81. The van der Waals surface area contributed by atoms with Crippen LogP contribution < -0.4 is 5.32 Å². The van der Waals surface area contributed by atoms with Gasteiger partial charge in [0.25, 0.3) is 0 Å². The number of nitrogens with one attached hydrogen (secondary N) is 1. The fourth-order valence-corrected chi connectivity index (χ4v) is 2.57. The summed E-state index contributed by atoms with van der Waals surface area (Å²) < 4.78 is 2.30. The number of para-hydroxylation sites is 1. The molecule has 3 aromatic rings. The van der Waals surface area contributed by atoms with Crippen LogP contribution in [0.25, 0.3) is 16.6 Å². The Balaban J connectivity index is 2.10. The van der Waals surface area contributed by atoms with Crippen molar-refractivity contribution in [1.29, 1.82) is 0 Å². The van der Waals surface area contributed by atoms with E-state index in [1.54, 1.807) is 0 Å². The minimum atomic E-state index is 0.949. The summed E-state index contributed by atoms with van der Waals surface area (Å²) in [6.45, 7) is 5.21. The fraction of sp³-hybridized carbons (Fsp3) is 0.176. The highest BCUT2D eigenvalue weighted by Crippen LogP contribution is 2.24. The normalized spacial score (nSPS) is 10.8. The minimum absolute atomic E-state index is 0.949. The van der Waals surface area contributed by atoms with Gasteiger partial charge in [0.15, 0.2) is 0 Å². The molecule has 0 saturated carbocycles. The van der Waals surface area contributed by atoms with Gasteiger partial charge in [-0.3, -0.25) is 0 Å². The maximum absolute atomic E-state index is 3.32. The van der Waals surface area contributed by atoms with Crippen molar-refractivity contribution in [3.8, 4) is 5.69 Å². The Labute approximate surface area is 113 Å². The number of aryl methyl sites for hydroxylation is 1. The molecule has 0 unspecified atom stereocenters. The standard InChI is InChI=1S/C17H18N2/c1-3-18-15-8-10-16(11-9-15)19-13(2)12-14-6-4-5-7-17(14)19/h4-12,18H,3H2,1-2H3. The maximum atomic E-state index is 3.32. The molecule has 0 fully saturated rings. The Morgan fingerprint density at radius 3 is 2.47 bits per heavy atom. The molecule has 0 atom stereocenters. The van der Waals surface area contributed by atoms with Crippen molar-refractivity contribution in [1.82, 2.24) is 4.57 Å². The summed E-state index contributed by atoms with van der Waals surface area (Å²) >= 11 is 0. The molecule has 0 spiro atoms. The summed E-state index contributed by atoms with van der Waals surface area (Å²) in [5.41, 5.74) is 4.90. The summed E-state index contributed by atoms with van der Waals surface area (Å²) in [6.07, 6.45) is 0. The van der Waals surface area contributed by atoms with Crippen molar-refractivity contribution in [3.05, 3.63) is 60.3 Å². The molecule has 1 N–H and O–H groups in total. The highest BCUT2D eigenvalue weighted by atomic mass is 15.0. The molecule has 96 valence electrons. The zero-order valence-corrected chi connectivity index (χ0v) is 11.4. The van der Waals surface area contributed by atoms with E-state index in [0.717, 1.165) is 6.54 Å². The van der Waals surface area contributed by atoms with Crippen LogP contribution in [0.4, 0.5) is 5.69 Å². The Kier molecular flexibility index (Phi) is 3.00. The monoisotopic (exact) mass is 250 g/mol. The van der Waals surface area contributed by atoms with Crippen molar-refractivity contribution < 1.29 is 0 Å². The summed E-state index contributed by atoms with van der Waals surface area (Å²) in [7, 11) is 0. The molecule has 2 nitrogen and oxygen atoms in total. The third-order valence-corrected chi connectivity index (χ3v) is 3.40. The van der Waals surface area contributed by atoms with E-state index < -0.39 is 0 Å². The van der Waals surface area contributed by atoms with Gasteiger partial charge in [-0.2, -0.15) is 0 Å². The second-order valence-corrected chi connectivity index (χ2v) is 4.76. The number of aromatic nitrogens is 1. The van der Waals surface area contributed by atoms with Gasteiger partial charge in [0, 0.05) is 29.0 Å². The Bertz CT molecular complexity index is 693. The van der Waals surface area contributed by atoms with E-state index in [9.17, 15) is 0 Å². The van der Waals surface area contributed by atoms with Gasteiger partial charge >= 0.3 is 0 Å². The van der Waals surface area contributed by atoms with Crippen LogP contribution in [0.2, 0.25) is 0 Å². The molecule has 3 rings (SSSR count). The molecule has 0 aliphatic heterocycles. The zero-order chi connectivity index (χ0) is 13.2. The Morgan fingerprint density at radius 1 is 1.00 bits per heavy atom. The van der Waals surface area contributed by atoms with Crippen molar-refractivity contribution in [2.24, 2.45) is 0 Å². The third-order valence-electron chi connectivity index (χ3n) is 3.40. The highest BCUT2D eigenvalue weighted by molar-refractivity contribution is 5.83. The van der Waals surface area contributed by atoms with Crippen molar-refractivity contribution in [2.45, 2.75) is 13.8 Å². The molecule has 0 saturated heterocycles. The van der Waals surface area contributed by atoms with Crippen LogP contribution in [0.3, 0.4) is 0 Å². The summed E-state index contributed by atoms with van der Waals surface area (Å²) in [4.78, 5) is 0. The molecule has 19 heavy (non-hydrogen) atoms. The highest BCUT2D eigenvalue weighted by Gasteiger charge is 2.06. The number of fused-ring (bicyclic) bond motifs is 1. The molecule has 0 aliphatic carbocycles. The van der Waals surface area contributed by atoms with Gasteiger partial charge in [0.2, 0.25) is 0 Å². The lowest BCUT2D eigenvalue weighted by Crippen LogP contribution is -1.98. The van der Waals surface area contributed by atoms with Gasteiger partial charge in [-0.1, -0.05) is 18.2 Å². The van der Waals surface area contributed by atoms with Gasteiger partial charge < -0.3 is 9.88 Å². The minimum Gasteiger partial charge on any atom is -0.385 e. The summed E-state index contributed by atoms with van der Waals surface area (Å²) in [5, 5.41) is 4.61. The lowest BCUT2D eigenvalue weighted by molar-refractivity contribution is 1.05. The topological polar surface area (TPSA) is 17.0 Å². The van der Waals surface area contributed by atoms with Gasteiger partial charge in [0.1, 0.15) is 0 Å². The van der Waals surface area contributed by atoms with Gasteiger partial charge in [-0.25, -0.2) is 0 Å². The number of anilines is 1. The molecular weight excluding hydrogens is 232 g/mol. The first kappa shape index (κ1) is 11.8. The quantitative estimate of drug-likeness (QED) is 0.730. The molecule has 0 radical (unpaired) electrons. The Morgan fingerprint density at radius 2 is 1.74 bits per heavy atom. The third kappa shape index (κ3) is 2.10. The average Bonchev–Trinajstić information content (AvgIpc) is 2.76. The first-order valence-electron chi connectivity index (χ1n) is 6.71. The number of rotatable bonds is 3. The largest absolute Gasteiger partial charge is 0.385 e. The van der Waals surface area contributed by atoms with Crippen LogP contribution in [0, 0.1) is 6.92 Å². The second-order valence-electron chi connectivity index (χ2n) is 4.76. The van der Waals surface area contributed by atoms with E-state index in [1.807, 2.05) is 0 Å². The van der Waals surface area contributed by atoms with Gasteiger partial charge in [-0.05, 0) is 50.2 Å². The number of benzene rings is 2. The average molecular weight is 250 g/mol. The van der Waals surface area contributed by atoms with E-state index in [1.165, 1.54) is 28.0 Å². The zero-order valence-electron chi connectivity index (χ0n) is 11.4. The predicted molar refractivity (Wildman–Crippen MR) is 82.2 cm³/mol. The molecule has 2 aromatic carbocycles.